The molecule has 1 N–H and O–H groups in total. The minimum absolute atomic E-state index is 0.0220. The first-order chi connectivity index (χ1) is 7.91. The van der Waals surface area contributed by atoms with Gasteiger partial charge in [-0.15, -0.1) is 0 Å². The number of nitrogens with zero attached hydrogens (tertiary/aromatic N) is 1. The zero-order chi connectivity index (χ0) is 13.0. The van der Waals surface area contributed by atoms with Gasteiger partial charge in [-0.05, 0) is 24.6 Å². The van der Waals surface area contributed by atoms with Crippen LogP contribution in [0.2, 0.25) is 5.02 Å². The van der Waals surface area contributed by atoms with Crippen molar-refractivity contribution in [3.05, 3.63) is 34.6 Å². The van der Waals surface area contributed by atoms with Gasteiger partial charge in [-0.2, -0.15) is 0 Å². The van der Waals surface area contributed by atoms with Crippen LogP contribution in [0.25, 0.3) is 0 Å². The minimum atomic E-state index is -0.447. The molecule has 0 saturated heterocycles. The Bertz CT molecular complexity index is 409. The van der Waals surface area contributed by atoms with Crippen molar-refractivity contribution in [1.82, 2.24) is 10.2 Å². The van der Waals surface area contributed by atoms with Gasteiger partial charge in [0.05, 0.1) is 11.6 Å². The average Bonchev–Trinajstić information content (AvgIpc) is 2.28. The third-order valence-corrected chi connectivity index (χ3v) is 2.81. The number of carbonyl (C=O) groups is 1. The van der Waals surface area contributed by atoms with E-state index in [1.54, 1.807) is 20.2 Å². The van der Waals surface area contributed by atoms with Gasteiger partial charge in [0.25, 0.3) is 0 Å². The topological polar surface area (TPSA) is 32.3 Å². The van der Waals surface area contributed by atoms with E-state index >= 15 is 0 Å². The molecular weight excluding hydrogens is 243 g/mol. The number of likely N-dealkylation sites (N-methyl/N-ethyl adjacent to an activating group) is 1. The lowest BCUT2D eigenvalue weighted by Gasteiger charge is -2.16. The van der Waals surface area contributed by atoms with Crippen molar-refractivity contribution in [1.29, 1.82) is 0 Å². The highest BCUT2D eigenvalue weighted by Gasteiger charge is 2.10. The molecule has 0 aliphatic carbocycles. The monoisotopic (exact) mass is 258 g/mol. The summed E-state index contributed by atoms with van der Waals surface area (Å²) in [6, 6.07) is 4.52. The van der Waals surface area contributed by atoms with Crippen molar-refractivity contribution in [3.63, 3.8) is 0 Å². The van der Waals surface area contributed by atoms with E-state index in [1.165, 1.54) is 17.0 Å². The number of hydrogen-bond donors (Lipinski definition) is 1. The number of rotatable bonds is 4. The third-order valence-electron chi connectivity index (χ3n) is 2.50. The number of hydrogen-bond acceptors (Lipinski definition) is 2. The Kier molecular flexibility index (Phi) is 4.90. The van der Waals surface area contributed by atoms with Crippen LogP contribution in [0.5, 0.6) is 0 Å². The summed E-state index contributed by atoms with van der Waals surface area (Å²) >= 11 is 5.60. The molecule has 0 radical (unpaired) electrons. The zero-order valence-corrected chi connectivity index (χ0v) is 10.9. The van der Waals surface area contributed by atoms with E-state index in [9.17, 15) is 9.18 Å². The Morgan fingerprint density at radius 3 is 2.71 bits per heavy atom. The molecule has 0 heterocycles. The summed E-state index contributed by atoms with van der Waals surface area (Å²) in [4.78, 5) is 12.9. The molecule has 3 nitrogen and oxygen atoms in total. The Labute approximate surface area is 106 Å². The zero-order valence-electron chi connectivity index (χ0n) is 10.1. The van der Waals surface area contributed by atoms with E-state index < -0.39 is 5.82 Å². The summed E-state index contributed by atoms with van der Waals surface area (Å²) in [6.07, 6.45) is 0. The molecular formula is C12H16ClFN2O. The predicted octanol–water partition coefficient (Wildman–Crippen LogP) is 2.22. The second-order valence-electron chi connectivity index (χ2n) is 4.06. The van der Waals surface area contributed by atoms with Crippen LogP contribution in [0.3, 0.4) is 0 Å². The van der Waals surface area contributed by atoms with Gasteiger partial charge < -0.3 is 10.2 Å². The highest BCUT2D eigenvalue weighted by molar-refractivity contribution is 6.30. The van der Waals surface area contributed by atoms with E-state index in [1.807, 2.05) is 6.92 Å². The van der Waals surface area contributed by atoms with Gasteiger partial charge in [0, 0.05) is 20.1 Å². The summed E-state index contributed by atoms with van der Waals surface area (Å²) < 4.78 is 13.2. The average molecular weight is 259 g/mol. The molecule has 1 atom stereocenters. The smallest absolute Gasteiger partial charge is 0.236 e. The van der Waals surface area contributed by atoms with E-state index in [0.29, 0.717) is 0 Å². The molecule has 0 spiro atoms. The van der Waals surface area contributed by atoms with Crippen LogP contribution in [0.4, 0.5) is 4.39 Å². The molecule has 1 rings (SSSR count). The van der Waals surface area contributed by atoms with Gasteiger partial charge in [-0.1, -0.05) is 17.7 Å². The summed E-state index contributed by atoms with van der Waals surface area (Å²) in [5.74, 6) is -0.469. The number of benzene rings is 1. The van der Waals surface area contributed by atoms with Crippen molar-refractivity contribution >= 4 is 17.5 Å². The first-order valence-corrected chi connectivity index (χ1v) is 5.68. The van der Waals surface area contributed by atoms with Crippen molar-refractivity contribution in [3.8, 4) is 0 Å². The minimum Gasteiger partial charge on any atom is -0.348 e. The SMILES string of the molecule is CC(NCC(=O)N(C)C)c1ccc(Cl)c(F)c1. The maximum atomic E-state index is 13.2. The summed E-state index contributed by atoms with van der Waals surface area (Å²) in [6.45, 7) is 2.09. The van der Waals surface area contributed by atoms with E-state index in [4.69, 9.17) is 11.6 Å². The van der Waals surface area contributed by atoms with Gasteiger partial charge in [0.15, 0.2) is 0 Å². The fourth-order valence-electron chi connectivity index (χ4n) is 1.30. The molecule has 0 saturated carbocycles. The normalized spacial score (nSPS) is 12.3. The van der Waals surface area contributed by atoms with E-state index in [-0.39, 0.29) is 23.5 Å². The molecule has 0 bridgehead atoms. The molecule has 5 heteroatoms. The lowest BCUT2D eigenvalue weighted by Crippen LogP contribution is -2.34. The van der Waals surface area contributed by atoms with Gasteiger partial charge >= 0.3 is 0 Å². The van der Waals surface area contributed by atoms with Crippen molar-refractivity contribution in [2.75, 3.05) is 20.6 Å². The van der Waals surface area contributed by atoms with E-state index in [2.05, 4.69) is 5.32 Å². The molecule has 1 aromatic carbocycles. The fourth-order valence-corrected chi connectivity index (χ4v) is 1.42. The Hall–Kier alpha value is -1.13. The van der Waals surface area contributed by atoms with Crippen LogP contribution in [0, 0.1) is 5.82 Å². The maximum absolute atomic E-state index is 13.2. The predicted molar refractivity (Wildman–Crippen MR) is 66.5 cm³/mol. The largest absolute Gasteiger partial charge is 0.348 e. The fraction of sp³-hybridized carbons (Fsp3) is 0.417. The lowest BCUT2D eigenvalue weighted by molar-refractivity contribution is -0.127. The van der Waals surface area contributed by atoms with Crippen LogP contribution in [-0.2, 0) is 4.79 Å². The molecule has 0 aliphatic rings. The van der Waals surface area contributed by atoms with Gasteiger partial charge in [-0.25, -0.2) is 4.39 Å². The van der Waals surface area contributed by atoms with E-state index in [0.717, 1.165) is 5.56 Å². The first-order valence-electron chi connectivity index (χ1n) is 5.30. The Morgan fingerprint density at radius 1 is 1.53 bits per heavy atom. The molecule has 1 amide bonds. The molecule has 0 aromatic heterocycles. The summed E-state index contributed by atoms with van der Waals surface area (Å²) in [5, 5.41) is 3.13. The second-order valence-corrected chi connectivity index (χ2v) is 4.47. The van der Waals surface area contributed by atoms with Gasteiger partial charge in [0.2, 0.25) is 5.91 Å². The van der Waals surface area contributed by atoms with Crippen LogP contribution >= 0.6 is 11.6 Å². The second kappa shape index (κ2) is 5.98. The summed E-state index contributed by atoms with van der Waals surface area (Å²) in [7, 11) is 3.38. The number of nitrogens with one attached hydrogen (secondary N) is 1. The van der Waals surface area contributed by atoms with Gasteiger partial charge in [-0.3, -0.25) is 4.79 Å². The van der Waals surface area contributed by atoms with Crippen molar-refractivity contribution < 1.29 is 9.18 Å². The molecule has 0 aliphatic heterocycles. The maximum Gasteiger partial charge on any atom is 0.236 e. The molecule has 17 heavy (non-hydrogen) atoms. The Morgan fingerprint density at radius 2 is 2.18 bits per heavy atom. The van der Waals surface area contributed by atoms with Crippen molar-refractivity contribution in [2.45, 2.75) is 13.0 Å². The highest BCUT2D eigenvalue weighted by atomic mass is 35.5. The molecule has 94 valence electrons. The lowest BCUT2D eigenvalue weighted by atomic mass is 10.1. The number of carbonyl (C=O) groups excluding carboxylic acids is 1. The van der Waals surface area contributed by atoms with Crippen molar-refractivity contribution in [2.24, 2.45) is 0 Å². The van der Waals surface area contributed by atoms with Crippen LogP contribution in [-0.4, -0.2) is 31.4 Å². The molecule has 1 aromatic rings. The first kappa shape index (κ1) is 13.9. The highest BCUT2D eigenvalue weighted by Crippen LogP contribution is 2.19. The Balaban J connectivity index is 2.61. The third kappa shape index (κ3) is 3.98. The molecule has 0 fully saturated rings. The number of amides is 1. The quantitative estimate of drug-likeness (QED) is 0.898. The van der Waals surface area contributed by atoms with Crippen LogP contribution < -0.4 is 5.32 Å². The molecule has 1 unspecified atom stereocenters. The van der Waals surface area contributed by atoms with Crippen LogP contribution in [0.1, 0.15) is 18.5 Å². The van der Waals surface area contributed by atoms with Gasteiger partial charge in [0.1, 0.15) is 5.82 Å². The van der Waals surface area contributed by atoms with Crippen LogP contribution in [0.15, 0.2) is 18.2 Å². The number of halogens is 2. The summed E-state index contributed by atoms with van der Waals surface area (Å²) in [5.41, 5.74) is 0.762. The standard InChI is InChI=1S/C12H16ClFN2O/c1-8(15-7-12(17)16(2)3)9-4-5-10(13)11(14)6-9/h4-6,8,15H,7H2,1-3H3.